The number of nitrogens with zero attached hydrogens (tertiary/aromatic N) is 5. The van der Waals surface area contributed by atoms with Gasteiger partial charge in [-0.15, -0.1) is 5.10 Å². The minimum atomic E-state index is -4.08. The van der Waals surface area contributed by atoms with Gasteiger partial charge in [0.15, 0.2) is 12.0 Å². The number of hydrogen-bond acceptors (Lipinski definition) is 7. The standard InChI is InChI=1S/C30H27N5O4S/c1-23-12-18-28(19-13-23)40(38,39)34-29(21-31-20-24-8-4-2-5-9-24)33(22-25-10-6-3-7-11-25)30(32-34)26-14-16-27(17-15-26)35(36)37/h2-19,21,29H,20,22H2,1H3. The Balaban J connectivity index is 1.60. The molecule has 1 atom stereocenters. The smallest absolute Gasteiger partial charge is 0.281 e. The summed E-state index contributed by atoms with van der Waals surface area (Å²) in [5.41, 5.74) is 3.33. The first kappa shape index (κ1) is 26.8. The molecule has 1 aliphatic heterocycles. The number of rotatable bonds is 9. The zero-order valence-corrected chi connectivity index (χ0v) is 22.6. The van der Waals surface area contributed by atoms with Crippen LogP contribution in [0.1, 0.15) is 22.3 Å². The van der Waals surface area contributed by atoms with Crippen LogP contribution in [0, 0.1) is 17.0 Å². The third-order valence-electron chi connectivity index (χ3n) is 6.46. The Bertz CT molecular complexity index is 1640. The quantitative estimate of drug-likeness (QED) is 0.157. The number of sulfonamides is 1. The number of hydrazone groups is 1. The van der Waals surface area contributed by atoms with E-state index in [0.717, 1.165) is 21.1 Å². The van der Waals surface area contributed by atoms with Gasteiger partial charge >= 0.3 is 0 Å². The Labute approximate surface area is 232 Å². The average molecular weight is 554 g/mol. The molecule has 0 radical (unpaired) electrons. The van der Waals surface area contributed by atoms with Crippen LogP contribution in [0.15, 0.2) is 124 Å². The van der Waals surface area contributed by atoms with Crippen molar-refractivity contribution in [3.05, 3.63) is 142 Å². The molecule has 0 saturated carbocycles. The maximum absolute atomic E-state index is 13.9. The SMILES string of the molecule is Cc1ccc(S(=O)(=O)N2N=C(c3ccc([N+](=O)[O-])cc3)N(Cc3ccccc3)C2C=NCc2ccccc2)cc1. The van der Waals surface area contributed by atoms with E-state index in [2.05, 4.69) is 10.1 Å². The first-order valence-corrected chi connectivity index (χ1v) is 14.1. The maximum atomic E-state index is 13.9. The second kappa shape index (κ2) is 11.5. The lowest BCUT2D eigenvalue weighted by molar-refractivity contribution is -0.384. The Kier molecular flexibility index (Phi) is 7.70. The number of nitro groups is 1. The lowest BCUT2D eigenvalue weighted by Gasteiger charge is -2.29. The number of amidine groups is 1. The summed E-state index contributed by atoms with van der Waals surface area (Å²) in [7, 11) is -4.08. The summed E-state index contributed by atoms with van der Waals surface area (Å²) in [6, 6.07) is 31.8. The first-order valence-electron chi connectivity index (χ1n) is 12.6. The molecule has 0 aromatic heterocycles. The van der Waals surface area contributed by atoms with Crippen molar-refractivity contribution in [1.82, 2.24) is 9.31 Å². The van der Waals surface area contributed by atoms with Gasteiger partial charge < -0.3 is 4.90 Å². The highest BCUT2D eigenvalue weighted by Crippen LogP contribution is 2.30. The number of hydrogen-bond donors (Lipinski definition) is 0. The predicted octanol–water partition coefficient (Wildman–Crippen LogP) is 5.37. The van der Waals surface area contributed by atoms with Crippen molar-refractivity contribution < 1.29 is 13.3 Å². The van der Waals surface area contributed by atoms with E-state index in [0.29, 0.717) is 24.5 Å². The van der Waals surface area contributed by atoms with E-state index in [1.54, 1.807) is 42.6 Å². The largest absolute Gasteiger partial charge is 0.323 e. The lowest BCUT2D eigenvalue weighted by atomic mass is 10.1. The van der Waals surface area contributed by atoms with Crippen LogP contribution in [-0.2, 0) is 23.1 Å². The average Bonchev–Trinajstić information content (AvgIpc) is 3.33. The third-order valence-corrected chi connectivity index (χ3v) is 8.12. The van der Waals surface area contributed by atoms with E-state index in [1.807, 2.05) is 72.5 Å². The number of aryl methyl sites for hydroxylation is 1. The molecule has 0 bridgehead atoms. The van der Waals surface area contributed by atoms with Gasteiger partial charge in [0.25, 0.3) is 15.7 Å². The zero-order chi connectivity index (χ0) is 28.1. The Morgan fingerprint density at radius 2 is 1.48 bits per heavy atom. The van der Waals surface area contributed by atoms with Crippen molar-refractivity contribution in [2.45, 2.75) is 31.1 Å². The fourth-order valence-electron chi connectivity index (χ4n) is 4.35. The Morgan fingerprint density at radius 3 is 2.08 bits per heavy atom. The van der Waals surface area contributed by atoms with Crippen LogP contribution in [-0.4, -0.2) is 40.9 Å². The molecule has 9 nitrogen and oxygen atoms in total. The summed E-state index contributed by atoms with van der Waals surface area (Å²) in [5, 5.41) is 15.9. The lowest BCUT2D eigenvalue weighted by Crippen LogP contribution is -2.45. The molecule has 202 valence electrons. The monoisotopic (exact) mass is 553 g/mol. The van der Waals surface area contributed by atoms with Gasteiger partial charge in [0.05, 0.1) is 16.4 Å². The van der Waals surface area contributed by atoms with E-state index in [4.69, 9.17) is 0 Å². The summed E-state index contributed by atoms with van der Waals surface area (Å²) < 4.78 is 29.0. The van der Waals surface area contributed by atoms with E-state index in [9.17, 15) is 18.5 Å². The molecule has 40 heavy (non-hydrogen) atoms. The van der Waals surface area contributed by atoms with Gasteiger partial charge in [0.2, 0.25) is 0 Å². The molecule has 0 spiro atoms. The molecule has 0 amide bonds. The van der Waals surface area contributed by atoms with Crippen molar-refractivity contribution in [1.29, 1.82) is 0 Å². The van der Waals surface area contributed by atoms with E-state index in [1.165, 1.54) is 12.1 Å². The summed E-state index contributed by atoms with van der Waals surface area (Å²) in [6.07, 6.45) is 0.726. The second-order valence-electron chi connectivity index (χ2n) is 9.32. The van der Waals surface area contributed by atoms with Crippen LogP contribution >= 0.6 is 0 Å². The molecule has 10 heteroatoms. The summed E-state index contributed by atoms with van der Waals surface area (Å²) in [6.45, 7) is 2.58. The van der Waals surface area contributed by atoms with E-state index < -0.39 is 21.1 Å². The molecule has 4 aromatic carbocycles. The molecule has 0 aliphatic carbocycles. The van der Waals surface area contributed by atoms with Crippen LogP contribution in [0.5, 0.6) is 0 Å². The predicted molar refractivity (Wildman–Crippen MR) is 154 cm³/mol. The fourth-order valence-corrected chi connectivity index (χ4v) is 5.68. The number of aliphatic imine (C=N–C) groups is 1. The highest BCUT2D eigenvalue weighted by molar-refractivity contribution is 7.89. The van der Waals surface area contributed by atoms with Crippen LogP contribution in [0.4, 0.5) is 5.69 Å². The van der Waals surface area contributed by atoms with Crippen LogP contribution < -0.4 is 0 Å². The van der Waals surface area contributed by atoms with Crippen molar-refractivity contribution in [3.63, 3.8) is 0 Å². The molecule has 0 fully saturated rings. The molecule has 1 aliphatic rings. The maximum Gasteiger partial charge on any atom is 0.281 e. The summed E-state index contributed by atoms with van der Waals surface area (Å²) in [5.74, 6) is 0.366. The number of nitro benzene ring substituents is 1. The second-order valence-corrected chi connectivity index (χ2v) is 11.1. The minimum Gasteiger partial charge on any atom is -0.323 e. The Hall–Kier alpha value is -4.83. The van der Waals surface area contributed by atoms with Crippen LogP contribution in [0.2, 0.25) is 0 Å². The van der Waals surface area contributed by atoms with Gasteiger partial charge in [-0.2, -0.15) is 12.8 Å². The zero-order valence-electron chi connectivity index (χ0n) is 21.7. The van der Waals surface area contributed by atoms with Gasteiger partial charge in [-0.25, -0.2) is 0 Å². The van der Waals surface area contributed by atoms with Gasteiger partial charge in [-0.05, 0) is 42.3 Å². The number of benzene rings is 4. The molecule has 0 N–H and O–H groups in total. The third kappa shape index (κ3) is 5.76. The van der Waals surface area contributed by atoms with Crippen LogP contribution in [0.25, 0.3) is 0 Å². The van der Waals surface area contributed by atoms with E-state index in [-0.39, 0.29) is 10.6 Å². The summed E-state index contributed by atoms with van der Waals surface area (Å²) in [4.78, 5) is 17.3. The molecule has 4 aromatic rings. The first-order chi connectivity index (χ1) is 19.3. The van der Waals surface area contributed by atoms with Crippen molar-refractivity contribution in [3.8, 4) is 0 Å². The summed E-state index contributed by atoms with van der Waals surface area (Å²) >= 11 is 0. The molecule has 5 rings (SSSR count). The van der Waals surface area contributed by atoms with Gasteiger partial charge in [-0.3, -0.25) is 15.1 Å². The van der Waals surface area contributed by atoms with Crippen molar-refractivity contribution >= 4 is 27.8 Å². The highest BCUT2D eigenvalue weighted by Gasteiger charge is 2.41. The Morgan fingerprint density at radius 1 is 0.875 bits per heavy atom. The molecule has 1 heterocycles. The van der Waals surface area contributed by atoms with Crippen molar-refractivity contribution in [2.24, 2.45) is 10.1 Å². The fraction of sp³-hybridized carbons (Fsp3) is 0.133. The van der Waals surface area contributed by atoms with Gasteiger partial charge in [0.1, 0.15) is 0 Å². The van der Waals surface area contributed by atoms with Crippen LogP contribution in [0.3, 0.4) is 0 Å². The molecule has 0 saturated heterocycles. The molecular weight excluding hydrogens is 526 g/mol. The van der Waals surface area contributed by atoms with Gasteiger partial charge in [-0.1, -0.05) is 78.4 Å². The van der Waals surface area contributed by atoms with Crippen molar-refractivity contribution in [2.75, 3.05) is 0 Å². The van der Waals surface area contributed by atoms with E-state index >= 15 is 0 Å². The number of non-ortho nitro benzene ring substituents is 1. The highest BCUT2D eigenvalue weighted by atomic mass is 32.2. The van der Waals surface area contributed by atoms with Gasteiger partial charge in [0, 0.05) is 30.5 Å². The normalized spacial score (nSPS) is 15.4. The topological polar surface area (TPSA) is 108 Å². The molecular formula is C30H27N5O4S. The molecule has 1 unspecified atom stereocenters. The minimum absolute atomic E-state index is 0.0675.